The highest BCUT2D eigenvalue weighted by Crippen LogP contribution is 2.24. The van der Waals surface area contributed by atoms with Crippen LogP contribution in [0, 0.1) is 5.82 Å². The molecule has 0 spiro atoms. The maximum atomic E-state index is 13.0. The fraction of sp³-hybridized carbons (Fsp3) is 0.182. The second-order valence-corrected chi connectivity index (χ2v) is 4.26. The molecule has 0 saturated heterocycles. The highest BCUT2D eigenvalue weighted by Gasteiger charge is 2.07. The lowest BCUT2D eigenvalue weighted by Gasteiger charge is -1.98. The zero-order chi connectivity index (χ0) is 10.8. The van der Waals surface area contributed by atoms with Gasteiger partial charge in [-0.1, -0.05) is 12.1 Å². The van der Waals surface area contributed by atoms with Crippen molar-refractivity contribution in [3.8, 4) is 11.3 Å². The number of benzene rings is 1. The van der Waals surface area contributed by atoms with Crippen LogP contribution in [0.4, 0.5) is 4.39 Å². The Hall–Kier alpha value is -1.26. The van der Waals surface area contributed by atoms with Crippen LogP contribution in [0.1, 0.15) is 18.0 Å². The summed E-state index contributed by atoms with van der Waals surface area (Å²) < 4.78 is 13.0. The molecule has 78 valence electrons. The molecule has 1 aromatic heterocycles. The minimum absolute atomic E-state index is 0.0719. The molecule has 0 bridgehead atoms. The normalized spacial score (nSPS) is 12.7. The molecule has 2 rings (SSSR count). The average Bonchev–Trinajstić information content (AvgIpc) is 2.66. The first kappa shape index (κ1) is 10.3. The van der Waals surface area contributed by atoms with Gasteiger partial charge in [-0.15, -0.1) is 11.3 Å². The molecule has 1 unspecified atom stereocenters. The third-order valence-electron chi connectivity index (χ3n) is 2.03. The van der Waals surface area contributed by atoms with E-state index in [2.05, 4.69) is 4.98 Å². The SMILES string of the molecule is CC(N)c1nc(-c2cccc(F)c2)cs1. The van der Waals surface area contributed by atoms with Gasteiger partial charge >= 0.3 is 0 Å². The summed E-state index contributed by atoms with van der Waals surface area (Å²) in [6.07, 6.45) is 0. The molecule has 2 N–H and O–H groups in total. The number of aromatic nitrogens is 1. The van der Waals surface area contributed by atoms with E-state index in [1.807, 2.05) is 18.4 Å². The Balaban J connectivity index is 2.37. The lowest BCUT2D eigenvalue weighted by Crippen LogP contribution is -2.03. The monoisotopic (exact) mass is 222 g/mol. The predicted octanol–water partition coefficient (Wildman–Crippen LogP) is 2.97. The Morgan fingerprint density at radius 1 is 1.47 bits per heavy atom. The van der Waals surface area contributed by atoms with E-state index in [0.717, 1.165) is 16.3 Å². The molecule has 0 aliphatic rings. The van der Waals surface area contributed by atoms with Gasteiger partial charge in [-0.2, -0.15) is 0 Å². The van der Waals surface area contributed by atoms with Crippen molar-refractivity contribution in [1.29, 1.82) is 0 Å². The number of hydrogen-bond donors (Lipinski definition) is 1. The van der Waals surface area contributed by atoms with Gasteiger partial charge in [0.2, 0.25) is 0 Å². The van der Waals surface area contributed by atoms with Gasteiger partial charge in [0.25, 0.3) is 0 Å². The van der Waals surface area contributed by atoms with Gasteiger partial charge in [-0.3, -0.25) is 0 Å². The van der Waals surface area contributed by atoms with Crippen molar-refractivity contribution in [1.82, 2.24) is 4.98 Å². The molecule has 1 atom stereocenters. The quantitative estimate of drug-likeness (QED) is 0.848. The van der Waals surface area contributed by atoms with Crippen molar-refractivity contribution < 1.29 is 4.39 Å². The van der Waals surface area contributed by atoms with Gasteiger partial charge in [0, 0.05) is 10.9 Å². The Labute approximate surface area is 91.6 Å². The third kappa shape index (κ3) is 2.22. The molecular formula is C11H11FN2S. The van der Waals surface area contributed by atoms with Crippen LogP contribution in [0.2, 0.25) is 0 Å². The van der Waals surface area contributed by atoms with Crippen LogP contribution >= 0.6 is 11.3 Å². The second kappa shape index (κ2) is 4.08. The zero-order valence-electron chi connectivity index (χ0n) is 8.27. The smallest absolute Gasteiger partial charge is 0.123 e. The number of thiazole rings is 1. The summed E-state index contributed by atoms with van der Waals surface area (Å²) in [4.78, 5) is 4.35. The highest BCUT2D eigenvalue weighted by molar-refractivity contribution is 7.10. The number of nitrogens with two attached hydrogens (primary N) is 1. The van der Waals surface area contributed by atoms with Gasteiger partial charge in [0.15, 0.2) is 0 Å². The molecule has 0 radical (unpaired) electrons. The van der Waals surface area contributed by atoms with E-state index in [4.69, 9.17) is 5.73 Å². The molecule has 0 saturated carbocycles. The van der Waals surface area contributed by atoms with Crippen LogP contribution < -0.4 is 5.73 Å². The summed E-state index contributed by atoms with van der Waals surface area (Å²) in [6, 6.07) is 6.33. The van der Waals surface area contributed by atoms with Crippen molar-refractivity contribution in [3.05, 3.63) is 40.5 Å². The fourth-order valence-corrected chi connectivity index (χ4v) is 2.06. The maximum Gasteiger partial charge on any atom is 0.123 e. The van der Waals surface area contributed by atoms with Gasteiger partial charge in [0.1, 0.15) is 10.8 Å². The van der Waals surface area contributed by atoms with Crippen LogP contribution in [0.25, 0.3) is 11.3 Å². The van der Waals surface area contributed by atoms with Crippen LogP contribution in [-0.4, -0.2) is 4.98 Å². The zero-order valence-corrected chi connectivity index (χ0v) is 9.09. The van der Waals surface area contributed by atoms with Gasteiger partial charge in [-0.05, 0) is 19.1 Å². The summed E-state index contributed by atoms with van der Waals surface area (Å²) in [5.74, 6) is -0.247. The third-order valence-corrected chi connectivity index (χ3v) is 3.08. The maximum absolute atomic E-state index is 13.0. The summed E-state index contributed by atoms with van der Waals surface area (Å²) in [7, 11) is 0. The Morgan fingerprint density at radius 2 is 2.27 bits per heavy atom. The molecular weight excluding hydrogens is 211 g/mol. The van der Waals surface area contributed by atoms with Gasteiger partial charge < -0.3 is 5.73 Å². The van der Waals surface area contributed by atoms with Crippen LogP contribution in [-0.2, 0) is 0 Å². The van der Waals surface area contributed by atoms with Crippen molar-refractivity contribution in [2.45, 2.75) is 13.0 Å². The minimum atomic E-state index is -0.247. The first-order valence-electron chi connectivity index (χ1n) is 4.64. The number of nitrogens with zero attached hydrogens (tertiary/aromatic N) is 1. The molecule has 0 aliphatic heterocycles. The summed E-state index contributed by atoms with van der Waals surface area (Å²) >= 11 is 1.50. The van der Waals surface area contributed by atoms with E-state index in [9.17, 15) is 4.39 Å². The Morgan fingerprint density at radius 3 is 2.87 bits per heavy atom. The van der Waals surface area contributed by atoms with Crippen molar-refractivity contribution in [2.24, 2.45) is 5.73 Å². The molecule has 0 fully saturated rings. The van der Waals surface area contributed by atoms with Gasteiger partial charge in [-0.25, -0.2) is 9.37 Å². The van der Waals surface area contributed by atoms with E-state index in [1.54, 1.807) is 6.07 Å². The largest absolute Gasteiger partial charge is 0.322 e. The minimum Gasteiger partial charge on any atom is -0.322 e. The van der Waals surface area contributed by atoms with E-state index in [1.165, 1.54) is 23.5 Å². The second-order valence-electron chi connectivity index (χ2n) is 3.37. The molecule has 0 aliphatic carbocycles. The van der Waals surface area contributed by atoms with Crippen LogP contribution in [0.5, 0.6) is 0 Å². The molecule has 4 heteroatoms. The summed E-state index contributed by atoms with van der Waals surface area (Å²) in [5, 5.41) is 2.77. The summed E-state index contributed by atoms with van der Waals surface area (Å²) in [6.45, 7) is 1.88. The number of hydrogen-bond acceptors (Lipinski definition) is 3. The van der Waals surface area contributed by atoms with Crippen molar-refractivity contribution in [3.63, 3.8) is 0 Å². The average molecular weight is 222 g/mol. The number of halogens is 1. The van der Waals surface area contributed by atoms with E-state index < -0.39 is 0 Å². The van der Waals surface area contributed by atoms with E-state index in [-0.39, 0.29) is 11.9 Å². The topological polar surface area (TPSA) is 38.9 Å². The fourth-order valence-electron chi connectivity index (χ4n) is 1.28. The van der Waals surface area contributed by atoms with Crippen LogP contribution in [0.3, 0.4) is 0 Å². The predicted molar refractivity (Wildman–Crippen MR) is 60.1 cm³/mol. The standard InChI is InChI=1S/C11H11FN2S/c1-7(13)11-14-10(6-15-11)8-3-2-4-9(12)5-8/h2-7H,13H2,1H3. The molecule has 15 heavy (non-hydrogen) atoms. The lowest BCUT2D eigenvalue weighted by atomic mass is 10.2. The Bertz CT molecular complexity index is 465. The molecule has 0 amide bonds. The van der Waals surface area contributed by atoms with Gasteiger partial charge in [0.05, 0.1) is 11.7 Å². The van der Waals surface area contributed by atoms with Crippen molar-refractivity contribution >= 4 is 11.3 Å². The van der Waals surface area contributed by atoms with E-state index in [0.29, 0.717) is 0 Å². The Kier molecular flexibility index (Phi) is 2.79. The first-order chi connectivity index (χ1) is 7.16. The highest BCUT2D eigenvalue weighted by atomic mass is 32.1. The van der Waals surface area contributed by atoms with Crippen molar-refractivity contribution in [2.75, 3.05) is 0 Å². The summed E-state index contributed by atoms with van der Waals surface area (Å²) in [5.41, 5.74) is 7.28. The van der Waals surface area contributed by atoms with E-state index >= 15 is 0 Å². The number of rotatable bonds is 2. The molecule has 1 aromatic carbocycles. The first-order valence-corrected chi connectivity index (χ1v) is 5.52. The van der Waals surface area contributed by atoms with Crippen LogP contribution in [0.15, 0.2) is 29.6 Å². The molecule has 2 nitrogen and oxygen atoms in total. The lowest BCUT2D eigenvalue weighted by molar-refractivity contribution is 0.628. The molecule has 1 heterocycles. The molecule has 2 aromatic rings.